The van der Waals surface area contributed by atoms with Gasteiger partial charge in [-0.3, -0.25) is 19.3 Å². The van der Waals surface area contributed by atoms with E-state index in [1.807, 2.05) is 0 Å². The maximum Gasteiger partial charge on any atom is 0.278 e. The van der Waals surface area contributed by atoms with Gasteiger partial charge in [0.15, 0.2) is 11.6 Å². The summed E-state index contributed by atoms with van der Waals surface area (Å²) in [5, 5.41) is 10.0. The summed E-state index contributed by atoms with van der Waals surface area (Å²) < 4.78 is 50.2. The third-order valence-electron chi connectivity index (χ3n) is 6.07. The number of ether oxygens (including phenoxy) is 1. The van der Waals surface area contributed by atoms with Crippen LogP contribution in [0.3, 0.4) is 0 Å². The van der Waals surface area contributed by atoms with Crippen molar-refractivity contribution in [1.82, 2.24) is 14.5 Å². The van der Waals surface area contributed by atoms with Gasteiger partial charge in [0.1, 0.15) is 34.1 Å². The zero-order valence-electron chi connectivity index (χ0n) is 21.3. The van der Waals surface area contributed by atoms with Crippen molar-refractivity contribution in [3.8, 4) is 22.7 Å². The first-order valence-corrected chi connectivity index (χ1v) is 12.1. The Labute approximate surface area is 222 Å². The standard InChI is InChI=1S/C28H25ClF3N3O3/c1-14-12-33-25(17-7-6-8-18(10-17)28(4,5)37)23(32)26(14)35-15(2)9-21(22(29)27(35)36)38-16(3)24-20(31)11-19(30)13-34-24/h6-13,16,37H,1-5H3. The predicted octanol–water partition coefficient (Wildman–Crippen LogP) is 6.35. The van der Waals surface area contributed by atoms with Crippen molar-refractivity contribution in [2.75, 3.05) is 0 Å². The summed E-state index contributed by atoms with van der Waals surface area (Å²) in [5.41, 5.74) is -0.473. The van der Waals surface area contributed by atoms with Gasteiger partial charge in [-0.2, -0.15) is 0 Å². The van der Waals surface area contributed by atoms with Gasteiger partial charge in [0.25, 0.3) is 5.56 Å². The van der Waals surface area contributed by atoms with Crippen molar-refractivity contribution in [2.24, 2.45) is 0 Å². The molecule has 198 valence electrons. The fraction of sp³-hybridized carbons (Fsp3) is 0.250. The lowest BCUT2D eigenvalue weighted by Crippen LogP contribution is -2.24. The number of nitrogens with zero attached hydrogens (tertiary/aromatic N) is 3. The monoisotopic (exact) mass is 543 g/mol. The van der Waals surface area contributed by atoms with Crippen LogP contribution in [0.1, 0.15) is 49.4 Å². The van der Waals surface area contributed by atoms with Gasteiger partial charge in [-0.1, -0.05) is 29.8 Å². The average Bonchev–Trinajstić information content (AvgIpc) is 2.84. The zero-order valence-corrected chi connectivity index (χ0v) is 22.1. The van der Waals surface area contributed by atoms with E-state index in [1.165, 1.54) is 19.2 Å². The molecule has 0 spiro atoms. The maximum absolute atomic E-state index is 16.0. The highest BCUT2D eigenvalue weighted by molar-refractivity contribution is 6.31. The molecule has 0 radical (unpaired) electrons. The molecule has 1 unspecified atom stereocenters. The molecule has 3 heterocycles. The second kappa shape index (κ2) is 10.2. The molecule has 0 aliphatic rings. The van der Waals surface area contributed by atoms with Crippen LogP contribution < -0.4 is 10.3 Å². The molecule has 3 aromatic heterocycles. The summed E-state index contributed by atoms with van der Waals surface area (Å²) in [5.74, 6) is -2.56. The molecular formula is C28H25ClF3N3O3. The fourth-order valence-corrected chi connectivity index (χ4v) is 4.29. The second-order valence-electron chi connectivity index (χ2n) is 9.48. The van der Waals surface area contributed by atoms with Crippen LogP contribution in [0.4, 0.5) is 13.2 Å². The van der Waals surface area contributed by atoms with Crippen molar-refractivity contribution in [1.29, 1.82) is 0 Å². The van der Waals surface area contributed by atoms with Crippen LogP contribution in [0.2, 0.25) is 5.02 Å². The molecule has 0 aliphatic carbocycles. The Hall–Kier alpha value is -3.69. The summed E-state index contributed by atoms with van der Waals surface area (Å²) in [6.45, 7) is 7.89. The molecule has 0 fully saturated rings. The van der Waals surface area contributed by atoms with Crippen molar-refractivity contribution < 1.29 is 23.0 Å². The van der Waals surface area contributed by atoms with Crippen LogP contribution in [0.25, 0.3) is 16.9 Å². The van der Waals surface area contributed by atoms with E-state index in [0.29, 0.717) is 28.5 Å². The smallest absolute Gasteiger partial charge is 0.278 e. The Morgan fingerprint density at radius 1 is 1.08 bits per heavy atom. The summed E-state index contributed by atoms with van der Waals surface area (Å²) in [7, 11) is 0. The molecule has 4 rings (SSSR count). The lowest BCUT2D eigenvalue weighted by atomic mass is 9.95. The van der Waals surface area contributed by atoms with Crippen LogP contribution >= 0.6 is 11.6 Å². The molecule has 0 bridgehead atoms. The van der Waals surface area contributed by atoms with E-state index < -0.39 is 34.7 Å². The summed E-state index contributed by atoms with van der Waals surface area (Å²) in [6.07, 6.45) is 1.30. The van der Waals surface area contributed by atoms with Gasteiger partial charge >= 0.3 is 0 Å². The number of pyridine rings is 3. The second-order valence-corrected chi connectivity index (χ2v) is 9.86. The Kier molecular flexibility index (Phi) is 7.36. The van der Waals surface area contributed by atoms with Gasteiger partial charge in [0.2, 0.25) is 0 Å². The molecule has 10 heteroatoms. The number of hydrogen-bond acceptors (Lipinski definition) is 5. The van der Waals surface area contributed by atoms with E-state index in [2.05, 4.69) is 9.97 Å². The maximum atomic E-state index is 16.0. The summed E-state index contributed by atoms with van der Waals surface area (Å²) in [6, 6.07) is 8.80. The summed E-state index contributed by atoms with van der Waals surface area (Å²) >= 11 is 6.35. The molecule has 0 aliphatic heterocycles. The van der Waals surface area contributed by atoms with Crippen LogP contribution in [-0.2, 0) is 5.60 Å². The molecule has 0 saturated heterocycles. The number of aromatic nitrogens is 3. The normalized spacial score (nSPS) is 12.5. The van der Waals surface area contributed by atoms with Crippen LogP contribution in [0, 0.1) is 31.3 Å². The van der Waals surface area contributed by atoms with E-state index in [9.17, 15) is 18.7 Å². The average molecular weight is 544 g/mol. The highest BCUT2D eigenvalue weighted by atomic mass is 35.5. The van der Waals surface area contributed by atoms with Crippen LogP contribution in [0.5, 0.6) is 5.75 Å². The summed E-state index contributed by atoms with van der Waals surface area (Å²) in [4.78, 5) is 21.3. The van der Waals surface area contributed by atoms with Gasteiger partial charge in [-0.25, -0.2) is 13.2 Å². The van der Waals surface area contributed by atoms with E-state index in [4.69, 9.17) is 16.3 Å². The van der Waals surface area contributed by atoms with Crippen molar-refractivity contribution in [2.45, 2.75) is 46.3 Å². The van der Waals surface area contributed by atoms with Gasteiger partial charge < -0.3 is 9.84 Å². The Balaban J connectivity index is 1.80. The first kappa shape index (κ1) is 27.3. The molecule has 1 aromatic carbocycles. The topological polar surface area (TPSA) is 77.2 Å². The molecule has 1 N–H and O–H groups in total. The van der Waals surface area contributed by atoms with Gasteiger partial charge in [0.05, 0.1) is 17.5 Å². The Morgan fingerprint density at radius 3 is 2.45 bits per heavy atom. The van der Waals surface area contributed by atoms with E-state index >= 15 is 4.39 Å². The van der Waals surface area contributed by atoms with E-state index in [-0.39, 0.29) is 27.8 Å². The largest absolute Gasteiger partial charge is 0.482 e. The minimum atomic E-state index is -1.15. The molecule has 1 atom stereocenters. The molecule has 4 aromatic rings. The van der Waals surface area contributed by atoms with Gasteiger partial charge in [-0.15, -0.1) is 0 Å². The number of rotatable bonds is 6. The minimum Gasteiger partial charge on any atom is -0.482 e. The number of halogens is 4. The van der Waals surface area contributed by atoms with Crippen LogP contribution in [-0.4, -0.2) is 19.6 Å². The molecular weight excluding hydrogens is 519 g/mol. The minimum absolute atomic E-state index is 0.00840. The number of aliphatic hydroxyl groups is 1. The third-order valence-corrected chi connectivity index (χ3v) is 6.42. The van der Waals surface area contributed by atoms with Crippen molar-refractivity contribution in [3.63, 3.8) is 0 Å². The van der Waals surface area contributed by atoms with Crippen molar-refractivity contribution >= 4 is 11.6 Å². The first-order valence-electron chi connectivity index (χ1n) is 11.7. The number of hydrogen-bond donors (Lipinski definition) is 1. The predicted molar refractivity (Wildman–Crippen MR) is 138 cm³/mol. The molecule has 0 saturated carbocycles. The highest BCUT2D eigenvalue weighted by Crippen LogP contribution is 2.33. The molecule has 38 heavy (non-hydrogen) atoms. The fourth-order valence-electron chi connectivity index (χ4n) is 4.10. The lowest BCUT2D eigenvalue weighted by Gasteiger charge is -2.20. The van der Waals surface area contributed by atoms with Gasteiger partial charge in [-0.05, 0) is 51.8 Å². The molecule has 6 nitrogen and oxygen atoms in total. The number of benzene rings is 1. The quantitative estimate of drug-likeness (QED) is 0.307. The Bertz CT molecular complexity index is 1600. The SMILES string of the molecule is Cc1cnc(-c2cccc(C(C)(C)O)c2)c(F)c1-n1c(C)cc(OC(C)c2ncc(F)cc2F)c(Cl)c1=O. The van der Waals surface area contributed by atoms with Crippen molar-refractivity contribution in [3.05, 3.63) is 104 Å². The number of aryl methyl sites for hydroxylation is 2. The Morgan fingerprint density at radius 2 is 1.79 bits per heavy atom. The highest BCUT2D eigenvalue weighted by Gasteiger charge is 2.24. The van der Waals surface area contributed by atoms with Crippen LogP contribution in [0.15, 0.2) is 53.6 Å². The molecule has 0 amide bonds. The van der Waals surface area contributed by atoms with E-state index in [1.54, 1.807) is 52.0 Å². The first-order chi connectivity index (χ1) is 17.8. The third kappa shape index (κ3) is 5.16. The zero-order chi connectivity index (χ0) is 27.9. The van der Waals surface area contributed by atoms with Gasteiger partial charge in [0, 0.05) is 29.6 Å². The lowest BCUT2D eigenvalue weighted by molar-refractivity contribution is 0.0786. The van der Waals surface area contributed by atoms with E-state index in [0.717, 1.165) is 10.8 Å².